The van der Waals surface area contributed by atoms with E-state index in [1.54, 1.807) is 16.8 Å². The zero-order valence-electron chi connectivity index (χ0n) is 25.3. The van der Waals surface area contributed by atoms with Crippen molar-refractivity contribution in [3.63, 3.8) is 0 Å². The van der Waals surface area contributed by atoms with Crippen molar-refractivity contribution in [2.24, 2.45) is 0 Å². The largest absolute Gasteiger partial charge is 0.388 e. The molecule has 2 aromatic carbocycles. The second-order valence-electron chi connectivity index (χ2n) is 11.6. The summed E-state index contributed by atoms with van der Waals surface area (Å²) in [6.45, 7) is 1.83. The quantitative estimate of drug-likeness (QED) is 0.158. The van der Waals surface area contributed by atoms with Gasteiger partial charge in [0.05, 0.1) is 5.56 Å². The van der Waals surface area contributed by atoms with Crippen molar-refractivity contribution in [2.75, 3.05) is 24.1 Å². The van der Waals surface area contributed by atoms with Crippen LogP contribution in [0.15, 0.2) is 71.9 Å². The number of nitrogen functional groups attached to an aromatic ring is 1. The van der Waals surface area contributed by atoms with Crippen molar-refractivity contribution in [2.45, 2.75) is 37.8 Å². The van der Waals surface area contributed by atoms with Crippen LogP contribution in [0.4, 0.5) is 20.3 Å². The van der Waals surface area contributed by atoms with Gasteiger partial charge in [0.1, 0.15) is 34.8 Å². The molecule has 1 aliphatic heterocycles. The molecule has 238 valence electrons. The van der Waals surface area contributed by atoms with E-state index in [0.29, 0.717) is 22.3 Å². The number of pyridine rings is 2. The summed E-state index contributed by atoms with van der Waals surface area (Å²) in [5.41, 5.74) is 7.30. The highest BCUT2D eigenvalue weighted by Gasteiger charge is 2.30. The first-order chi connectivity index (χ1) is 22.8. The average Bonchev–Trinajstić information content (AvgIpc) is 3.92. The van der Waals surface area contributed by atoms with E-state index in [1.165, 1.54) is 55.0 Å². The van der Waals surface area contributed by atoms with Gasteiger partial charge in [-0.3, -0.25) is 9.59 Å². The van der Waals surface area contributed by atoms with Gasteiger partial charge in [0.15, 0.2) is 0 Å². The van der Waals surface area contributed by atoms with Crippen molar-refractivity contribution in [3.05, 3.63) is 106 Å². The third kappa shape index (κ3) is 6.66. The molecule has 4 aromatic rings. The number of piperidine rings is 1. The minimum absolute atomic E-state index is 0.000674. The number of rotatable bonds is 9. The highest BCUT2D eigenvalue weighted by Crippen LogP contribution is 2.38. The lowest BCUT2D eigenvalue weighted by Crippen LogP contribution is -2.37. The Morgan fingerprint density at radius 3 is 2.49 bits per heavy atom. The summed E-state index contributed by atoms with van der Waals surface area (Å²) < 4.78 is 30.9. The number of benzene rings is 2. The van der Waals surface area contributed by atoms with Gasteiger partial charge in [-0.05, 0) is 80.7 Å². The maximum atomic E-state index is 15.6. The van der Waals surface area contributed by atoms with Crippen molar-refractivity contribution < 1.29 is 13.6 Å². The number of hydrogen-bond donors (Lipinski definition) is 5. The Labute approximate surface area is 269 Å². The van der Waals surface area contributed by atoms with Crippen LogP contribution in [0.3, 0.4) is 0 Å². The topological polar surface area (TPSA) is 162 Å². The highest BCUT2D eigenvalue weighted by atomic mass is 19.1. The van der Waals surface area contributed by atoms with Crippen molar-refractivity contribution in [1.29, 1.82) is 10.7 Å². The third-order valence-corrected chi connectivity index (χ3v) is 8.40. The average molecular weight is 635 g/mol. The van der Waals surface area contributed by atoms with Gasteiger partial charge in [-0.15, -0.1) is 0 Å². The molecule has 0 radical (unpaired) electrons. The van der Waals surface area contributed by atoms with Crippen LogP contribution in [0.1, 0.15) is 53.3 Å². The number of anilines is 2. The van der Waals surface area contributed by atoms with Gasteiger partial charge in [0, 0.05) is 64.8 Å². The molecule has 10 nitrogen and oxygen atoms in total. The lowest BCUT2D eigenvalue weighted by Gasteiger charge is -2.23. The van der Waals surface area contributed by atoms with Gasteiger partial charge >= 0.3 is 0 Å². The first kappa shape index (κ1) is 31.3. The molecule has 2 aromatic heterocycles. The van der Waals surface area contributed by atoms with Crippen LogP contribution in [0.2, 0.25) is 0 Å². The molecule has 2 aliphatic rings. The van der Waals surface area contributed by atoms with Gasteiger partial charge in [-0.1, -0.05) is 12.1 Å². The molecule has 1 amide bonds. The fraction of sp³-hybridized carbons (Fsp3) is 0.229. The molecule has 2 fully saturated rings. The number of halogens is 2. The number of nitrogens with one attached hydrogen (secondary N) is 4. The maximum Gasteiger partial charge on any atom is 0.261 e. The molecule has 0 unspecified atom stereocenters. The number of nitrogens with zero attached hydrogens (tertiary/aromatic N) is 3. The molecule has 12 heteroatoms. The predicted molar refractivity (Wildman–Crippen MR) is 177 cm³/mol. The number of amides is 1. The van der Waals surface area contributed by atoms with Crippen molar-refractivity contribution in [1.82, 2.24) is 20.2 Å². The lowest BCUT2D eigenvalue weighted by atomic mass is 10.00. The smallest absolute Gasteiger partial charge is 0.261 e. The van der Waals surface area contributed by atoms with Crippen LogP contribution >= 0.6 is 0 Å². The number of carbonyl (C=O) groups is 1. The Bertz CT molecular complexity index is 1990. The van der Waals surface area contributed by atoms with Gasteiger partial charge in [0.2, 0.25) is 5.43 Å². The molecule has 47 heavy (non-hydrogen) atoms. The molecule has 3 heterocycles. The van der Waals surface area contributed by atoms with Crippen molar-refractivity contribution >= 4 is 29.2 Å². The Hall–Kier alpha value is -5.67. The van der Waals surface area contributed by atoms with E-state index in [-0.39, 0.29) is 46.0 Å². The first-order valence-corrected chi connectivity index (χ1v) is 15.3. The molecule has 6 rings (SSSR count). The Morgan fingerprint density at radius 1 is 1.09 bits per heavy atom. The summed E-state index contributed by atoms with van der Waals surface area (Å²) in [6, 6.07) is 13.2. The molecule has 1 aliphatic carbocycles. The summed E-state index contributed by atoms with van der Waals surface area (Å²) in [6.07, 6.45) is 9.31. The number of hydrogen-bond acceptors (Lipinski definition) is 8. The molecular weight excluding hydrogens is 602 g/mol. The maximum absolute atomic E-state index is 15.6. The van der Waals surface area contributed by atoms with Crippen LogP contribution in [-0.4, -0.2) is 40.8 Å². The summed E-state index contributed by atoms with van der Waals surface area (Å²) in [5.74, 6) is -1.89. The van der Waals surface area contributed by atoms with E-state index >= 15 is 4.39 Å². The van der Waals surface area contributed by atoms with E-state index < -0.39 is 23.0 Å². The molecular formula is C35H32F2N8O2. The second kappa shape index (κ2) is 13.4. The zero-order valence-corrected chi connectivity index (χ0v) is 25.3. The van der Waals surface area contributed by atoms with Gasteiger partial charge in [-0.25, -0.2) is 13.8 Å². The van der Waals surface area contributed by atoms with Crippen LogP contribution in [0.25, 0.3) is 27.8 Å². The number of aromatic nitrogens is 2. The molecule has 1 saturated carbocycles. The van der Waals surface area contributed by atoms with Gasteiger partial charge in [0.25, 0.3) is 5.91 Å². The van der Waals surface area contributed by atoms with Crippen LogP contribution < -0.4 is 27.1 Å². The predicted octanol–water partition coefficient (Wildman–Crippen LogP) is 5.23. The molecule has 0 bridgehead atoms. The normalized spacial score (nSPS) is 15.1. The number of nitrogens with two attached hydrogens (primary N) is 1. The Balaban J connectivity index is 1.28. The molecule has 1 saturated heterocycles. The minimum atomic E-state index is -0.783. The summed E-state index contributed by atoms with van der Waals surface area (Å²) in [4.78, 5) is 31.3. The molecule has 6 N–H and O–H groups in total. The minimum Gasteiger partial charge on any atom is -0.388 e. The summed E-state index contributed by atoms with van der Waals surface area (Å²) in [7, 11) is 0. The monoisotopic (exact) mass is 634 g/mol. The fourth-order valence-corrected chi connectivity index (χ4v) is 5.70. The van der Waals surface area contributed by atoms with E-state index in [1.807, 2.05) is 0 Å². The van der Waals surface area contributed by atoms with Gasteiger partial charge < -0.3 is 31.7 Å². The Morgan fingerprint density at radius 2 is 1.83 bits per heavy atom. The number of allylic oxidation sites excluding steroid dienone is 1. The third-order valence-electron chi connectivity index (χ3n) is 8.40. The SMILES string of the molecule is N#Cc1c(-c2ccc(F)cc2)c(=O)c(C(=O)Nc2ccc(-c3cc(/C(C=N)=C/NC4CCNCC4)cnc3N)c(F)c2)cn1C1CC1. The van der Waals surface area contributed by atoms with Crippen LogP contribution in [0, 0.1) is 28.4 Å². The fourth-order valence-electron chi connectivity index (χ4n) is 5.70. The summed E-state index contributed by atoms with van der Waals surface area (Å²) >= 11 is 0. The standard InChI is InChI=1S/C35H32F2N8O2/c36-23-3-1-20(2-4-23)32-31(16-39)45(26-6-7-26)19-29(33(32)46)35(47)44-25-5-8-27(30(37)14-25)28-13-21(17-43-34(28)40)22(15-38)18-42-24-9-11-41-12-10-24/h1-5,8,13-15,17-19,24,26,38,41-42H,6-7,9-12H2,(H2,40,43)(H,44,47)/b22-18+,38-15?. The van der Waals surface area contributed by atoms with E-state index in [4.69, 9.17) is 11.1 Å². The number of carbonyl (C=O) groups excluding carboxylic acids is 1. The van der Waals surface area contributed by atoms with Crippen LogP contribution in [0.5, 0.6) is 0 Å². The van der Waals surface area contributed by atoms with E-state index in [2.05, 4.69) is 27.0 Å². The molecule has 0 atom stereocenters. The summed E-state index contributed by atoms with van der Waals surface area (Å²) in [5, 5.41) is 27.1. The van der Waals surface area contributed by atoms with E-state index in [0.717, 1.165) is 44.8 Å². The van der Waals surface area contributed by atoms with Crippen molar-refractivity contribution in [3.8, 4) is 28.3 Å². The lowest BCUT2D eigenvalue weighted by molar-refractivity contribution is 0.102. The van der Waals surface area contributed by atoms with Gasteiger partial charge in [-0.2, -0.15) is 5.26 Å². The Kier molecular flexibility index (Phi) is 8.90. The zero-order chi connectivity index (χ0) is 33.1. The van der Waals surface area contributed by atoms with E-state index in [9.17, 15) is 19.2 Å². The second-order valence-corrected chi connectivity index (χ2v) is 11.6. The highest BCUT2D eigenvalue weighted by molar-refractivity contribution is 6.08. The first-order valence-electron chi connectivity index (χ1n) is 15.3. The van der Waals surface area contributed by atoms with Crippen LogP contribution in [-0.2, 0) is 0 Å². The molecule has 0 spiro atoms. The number of nitriles is 1.